The van der Waals surface area contributed by atoms with E-state index in [9.17, 15) is 0 Å². The fraction of sp³-hybridized carbons (Fsp3) is 0.375. The Morgan fingerprint density at radius 3 is 3.00 bits per heavy atom. The van der Waals surface area contributed by atoms with Crippen LogP contribution in [0.25, 0.3) is 0 Å². The Hall–Kier alpha value is -0.520. The van der Waals surface area contributed by atoms with Crippen LogP contribution in [0.3, 0.4) is 0 Å². The highest BCUT2D eigenvalue weighted by Gasteiger charge is 2.06. The molecule has 0 fully saturated rings. The van der Waals surface area contributed by atoms with E-state index in [0.717, 1.165) is 6.42 Å². The van der Waals surface area contributed by atoms with Crippen molar-refractivity contribution in [1.82, 2.24) is 0 Å². The lowest BCUT2D eigenvalue weighted by Gasteiger charge is -2.00. The second-order valence-electron chi connectivity index (χ2n) is 2.32. The highest BCUT2D eigenvalue weighted by Crippen LogP contribution is 2.12. The Morgan fingerprint density at radius 2 is 2.55 bits per heavy atom. The lowest BCUT2D eigenvalue weighted by molar-refractivity contribution is 0.748. The van der Waals surface area contributed by atoms with E-state index >= 15 is 0 Å². The van der Waals surface area contributed by atoms with Crippen LogP contribution in [0.1, 0.15) is 5.56 Å². The molecule has 1 aromatic rings. The standard InChI is InChI=1S/C8H8ClNS/c9-4-8(5-10)3-7-1-2-11-6-7/h1-2,6,8H,3-4H2. The lowest BCUT2D eigenvalue weighted by atomic mass is 10.1. The van der Waals surface area contributed by atoms with Gasteiger partial charge in [-0.1, -0.05) is 0 Å². The average molecular weight is 186 g/mol. The second kappa shape index (κ2) is 4.38. The van der Waals surface area contributed by atoms with E-state index in [1.165, 1.54) is 5.56 Å². The zero-order valence-electron chi connectivity index (χ0n) is 5.96. The third kappa shape index (κ3) is 2.53. The van der Waals surface area contributed by atoms with Crippen LogP contribution in [0.2, 0.25) is 0 Å². The number of alkyl halides is 1. The number of thiophene rings is 1. The minimum Gasteiger partial charge on any atom is -0.198 e. The van der Waals surface area contributed by atoms with Crippen molar-refractivity contribution in [2.45, 2.75) is 6.42 Å². The van der Waals surface area contributed by atoms with Gasteiger partial charge in [-0.3, -0.25) is 0 Å². The predicted molar refractivity (Wildman–Crippen MR) is 47.8 cm³/mol. The van der Waals surface area contributed by atoms with Gasteiger partial charge in [-0.25, -0.2) is 0 Å². The monoisotopic (exact) mass is 185 g/mol. The van der Waals surface area contributed by atoms with Gasteiger partial charge in [0.05, 0.1) is 12.0 Å². The van der Waals surface area contributed by atoms with E-state index < -0.39 is 0 Å². The van der Waals surface area contributed by atoms with Crippen LogP contribution in [0.4, 0.5) is 0 Å². The first kappa shape index (κ1) is 8.58. The minimum atomic E-state index is -0.0359. The highest BCUT2D eigenvalue weighted by atomic mass is 35.5. The molecule has 0 bridgehead atoms. The van der Waals surface area contributed by atoms with E-state index in [4.69, 9.17) is 16.9 Å². The fourth-order valence-corrected chi connectivity index (χ4v) is 1.69. The van der Waals surface area contributed by atoms with Gasteiger partial charge in [-0.15, -0.1) is 11.6 Å². The SMILES string of the molecule is N#CC(CCl)Cc1ccsc1. The zero-order valence-corrected chi connectivity index (χ0v) is 7.53. The maximum absolute atomic E-state index is 8.59. The summed E-state index contributed by atoms with van der Waals surface area (Å²) in [5, 5.41) is 12.7. The van der Waals surface area contributed by atoms with E-state index in [2.05, 4.69) is 11.4 Å². The third-order valence-corrected chi connectivity index (χ3v) is 2.54. The van der Waals surface area contributed by atoms with Gasteiger partial charge < -0.3 is 0 Å². The summed E-state index contributed by atoms with van der Waals surface area (Å²) in [6.07, 6.45) is 0.781. The van der Waals surface area contributed by atoms with Crippen molar-refractivity contribution in [3.63, 3.8) is 0 Å². The first-order valence-electron chi connectivity index (χ1n) is 3.33. The molecule has 0 saturated carbocycles. The van der Waals surface area contributed by atoms with Gasteiger partial charge in [-0.2, -0.15) is 16.6 Å². The first-order valence-corrected chi connectivity index (χ1v) is 4.81. The molecule has 0 saturated heterocycles. The maximum atomic E-state index is 8.59. The van der Waals surface area contributed by atoms with E-state index in [1.54, 1.807) is 11.3 Å². The van der Waals surface area contributed by atoms with Gasteiger partial charge in [0, 0.05) is 5.88 Å². The van der Waals surface area contributed by atoms with Gasteiger partial charge in [-0.05, 0) is 28.8 Å². The minimum absolute atomic E-state index is 0.0359. The molecule has 11 heavy (non-hydrogen) atoms. The van der Waals surface area contributed by atoms with E-state index in [-0.39, 0.29) is 5.92 Å². The number of nitrogens with zero attached hydrogens (tertiary/aromatic N) is 1. The van der Waals surface area contributed by atoms with Crippen LogP contribution in [-0.4, -0.2) is 5.88 Å². The second-order valence-corrected chi connectivity index (χ2v) is 3.40. The predicted octanol–water partition coefficient (Wildman–Crippen LogP) is 2.67. The summed E-state index contributed by atoms with van der Waals surface area (Å²) < 4.78 is 0. The van der Waals surface area contributed by atoms with Crippen LogP contribution >= 0.6 is 22.9 Å². The van der Waals surface area contributed by atoms with Crippen molar-refractivity contribution in [1.29, 1.82) is 5.26 Å². The van der Waals surface area contributed by atoms with Crippen molar-refractivity contribution in [2.24, 2.45) is 5.92 Å². The van der Waals surface area contributed by atoms with Gasteiger partial charge in [0.15, 0.2) is 0 Å². The van der Waals surface area contributed by atoms with Crippen LogP contribution < -0.4 is 0 Å². The molecule has 0 aromatic carbocycles. The van der Waals surface area contributed by atoms with E-state index in [1.807, 2.05) is 11.4 Å². The van der Waals surface area contributed by atoms with Gasteiger partial charge in [0.25, 0.3) is 0 Å². The largest absolute Gasteiger partial charge is 0.198 e. The number of hydrogen-bond donors (Lipinski definition) is 0. The number of hydrogen-bond acceptors (Lipinski definition) is 2. The molecule has 0 aliphatic rings. The quantitative estimate of drug-likeness (QED) is 0.665. The summed E-state index contributed by atoms with van der Waals surface area (Å²) in [7, 11) is 0. The molecule has 0 spiro atoms. The smallest absolute Gasteiger partial charge is 0.0671 e. The van der Waals surface area contributed by atoms with Crippen LogP contribution in [0.15, 0.2) is 16.8 Å². The van der Waals surface area contributed by atoms with Crippen LogP contribution in [0.5, 0.6) is 0 Å². The number of nitriles is 1. The molecular weight excluding hydrogens is 178 g/mol. The van der Waals surface area contributed by atoms with Crippen molar-refractivity contribution in [2.75, 3.05) is 5.88 Å². The van der Waals surface area contributed by atoms with Gasteiger partial charge in [0.2, 0.25) is 0 Å². The molecule has 1 heterocycles. The molecule has 0 radical (unpaired) electrons. The van der Waals surface area contributed by atoms with Gasteiger partial charge in [0.1, 0.15) is 0 Å². The summed E-state index contributed by atoms with van der Waals surface area (Å²) in [4.78, 5) is 0. The zero-order chi connectivity index (χ0) is 8.10. The Kier molecular flexibility index (Phi) is 3.41. The first-order chi connectivity index (χ1) is 5.36. The fourth-order valence-electron chi connectivity index (χ4n) is 0.828. The Morgan fingerprint density at radius 1 is 1.73 bits per heavy atom. The molecule has 1 aromatic heterocycles. The molecule has 1 rings (SSSR count). The van der Waals surface area contributed by atoms with Crippen LogP contribution in [0, 0.1) is 17.2 Å². The number of rotatable bonds is 3. The van der Waals surface area contributed by atoms with Crippen molar-refractivity contribution < 1.29 is 0 Å². The summed E-state index contributed by atoms with van der Waals surface area (Å²) in [5.74, 6) is 0.387. The van der Waals surface area contributed by atoms with Crippen molar-refractivity contribution in [3.05, 3.63) is 22.4 Å². The Bertz CT molecular complexity index is 237. The highest BCUT2D eigenvalue weighted by molar-refractivity contribution is 7.07. The normalized spacial score (nSPS) is 12.4. The molecule has 58 valence electrons. The molecule has 3 heteroatoms. The molecular formula is C8H8ClNS. The maximum Gasteiger partial charge on any atom is 0.0671 e. The molecule has 0 aliphatic carbocycles. The Balaban J connectivity index is 2.49. The molecule has 0 N–H and O–H groups in total. The lowest BCUT2D eigenvalue weighted by Crippen LogP contribution is -2.01. The average Bonchev–Trinajstić information content (AvgIpc) is 2.52. The summed E-state index contributed by atoms with van der Waals surface area (Å²) in [6.45, 7) is 0. The summed E-state index contributed by atoms with van der Waals surface area (Å²) in [5.41, 5.74) is 1.21. The molecule has 1 nitrogen and oxygen atoms in total. The summed E-state index contributed by atoms with van der Waals surface area (Å²) >= 11 is 7.22. The molecule has 1 unspecified atom stereocenters. The summed E-state index contributed by atoms with van der Waals surface area (Å²) in [6, 6.07) is 4.19. The van der Waals surface area contributed by atoms with Crippen molar-refractivity contribution in [3.8, 4) is 6.07 Å². The van der Waals surface area contributed by atoms with E-state index in [0.29, 0.717) is 5.88 Å². The third-order valence-electron chi connectivity index (χ3n) is 1.43. The molecule has 0 aliphatic heterocycles. The van der Waals surface area contributed by atoms with Crippen molar-refractivity contribution >= 4 is 22.9 Å². The Labute approximate surface area is 75.2 Å². The molecule has 0 amide bonds. The molecule has 1 atom stereocenters. The number of halogens is 1. The van der Waals surface area contributed by atoms with Crippen LogP contribution in [-0.2, 0) is 6.42 Å². The topological polar surface area (TPSA) is 23.8 Å². The van der Waals surface area contributed by atoms with Gasteiger partial charge >= 0.3 is 0 Å².